The van der Waals surface area contributed by atoms with E-state index in [1.54, 1.807) is 23.5 Å². The fourth-order valence-electron chi connectivity index (χ4n) is 5.70. The van der Waals surface area contributed by atoms with E-state index in [-0.39, 0.29) is 36.2 Å². The van der Waals surface area contributed by atoms with Gasteiger partial charge in [0, 0.05) is 16.4 Å². The van der Waals surface area contributed by atoms with Crippen LogP contribution < -0.4 is 0 Å². The van der Waals surface area contributed by atoms with Gasteiger partial charge < -0.3 is 14.9 Å². The van der Waals surface area contributed by atoms with E-state index in [9.17, 15) is 19.8 Å². The van der Waals surface area contributed by atoms with Crippen LogP contribution in [0.15, 0.2) is 58.5 Å². The number of nitrogens with zero attached hydrogens (tertiary/aromatic N) is 1. The summed E-state index contributed by atoms with van der Waals surface area (Å²) in [6, 6.07) is 11.1. The first kappa shape index (κ1) is 23.0. The summed E-state index contributed by atoms with van der Waals surface area (Å²) in [6.45, 7) is 2.63. The lowest BCUT2D eigenvalue weighted by Crippen LogP contribution is -2.34. The van der Waals surface area contributed by atoms with E-state index in [0.717, 1.165) is 40.0 Å². The van der Waals surface area contributed by atoms with E-state index in [1.165, 1.54) is 4.90 Å². The Morgan fingerprint density at radius 3 is 2.74 bits per heavy atom. The first-order valence-electron chi connectivity index (χ1n) is 11.7. The maximum absolute atomic E-state index is 13.4. The molecule has 0 radical (unpaired) electrons. The highest BCUT2D eigenvalue weighted by Crippen LogP contribution is 2.50. The van der Waals surface area contributed by atoms with Crippen LogP contribution in [0.25, 0.3) is 6.08 Å². The molecule has 5 rings (SSSR count). The lowest BCUT2D eigenvalue weighted by atomic mass is 9.69. The number of thiophene rings is 1. The van der Waals surface area contributed by atoms with E-state index in [4.69, 9.17) is 4.74 Å². The van der Waals surface area contributed by atoms with E-state index < -0.39 is 11.8 Å². The molecular formula is C27H29NO5S. The molecule has 178 valence electrons. The average molecular weight is 480 g/mol. The molecule has 3 heterocycles. The van der Waals surface area contributed by atoms with Crippen molar-refractivity contribution < 1.29 is 24.5 Å². The van der Waals surface area contributed by atoms with Gasteiger partial charge in [0.1, 0.15) is 5.75 Å². The number of aliphatic hydroxyl groups is 1. The summed E-state index contributed by atoms with van der Waals surface area (Å²) >= 11 is 1.54. The third kappa shape index (κ3) is 4.13. The molecule has 6 nitrogen and oxygen atoms in total. The number of hydrogen-bond donors (Lipinski definition) is 2. The van der Waals surface area contributed by atoms with Crippen LogP contribution in [0.2, 0.25) is 0 Å². The van der Waals surface area contributed by atoms with Gasteiger partial charge in [0.2, 0.25) is 11.8 Å². The number of carbonyl (C=O) groups excluding carboxylic acids is 2. The minimum atomic E-state index is -0.409. The number of imide groups is 1. The van der Waals surface area contributed by atoms with Crippen molar-refractivity contribution in [2.75, 3.05) is 13.2 Å². The second-order valence-electron chi connectivity index (χ2n) is 9.41. The summed E-state index contributed by atoms with van der Waals surface area (Å²) in [5.41, 5.74) is 3.78. The molecule has 2 amide bonds. The lowest BCUT2D eigenvalue weighted by molar-refractivity contribution is -0.140. The summed E-state index contributed by atoms with van der Waals surface area (Å²) in [6.07, 6.45) is 3.71. The van der Waals surface area contributed by atoms with Crippen LogP contribution >= 0.6 is 11.3 Å². The largest absolute Gasteiger partial charge is 0.507 e. The van der Waals surface area contributed by atoms with E-state index in [0.29, 0.717) is 19.6 Å². The predicted octanol–water partition coefficient (Wildman–Crippen LogP) is 4.15. The first-order valence-corrected chi connectivity index (χ1v) is 12.6. The summed E-state index contributed by atoms with van der Waals surface area (Å²) < 4.78 is 6.16. The van der Waals surface area contributed by atoms with Gasteiger partial charge in [-0.25, -0.2) is 0 Å². The number of allylic oxidation sites excluding steroid dienone is 1. The van der Waals surface area contributed by atoms with Crippen molar-refractivity contribution in [2.24, 2.45) is 17.8 Å². The molecule has 0 unspecified atom stereocenters. The highest BCUT2D eigenvalue weighted by molar-refractivity contribution is 7.09. The number of phenolic OH excluding ortho intramolecular Hbond substituents is 1. The van der Waals surface area contributed by atoms with Crippen molar-refractivity contribution >= 4 is 29.2 Å². The molecule has 1 aliphatic carbocycles. The Kier molecular flexibility index (Phi) is 6.42. The Morgan fingerprint density at radius 2 is 2.00 bits per heavy atom. The fourth-order valence-corrected chi connectivity index (χ4v) is 6.40. The third-order valence-corrected chi connectivity index (χ3v) is 8.18. The topological polar surface area (TPSA) is 87.1 Å². The van der Waals surface area contributed by atoms with Gasteiger partial charge in [-0.3, -0.25) is 14.5 Å². The molecule has 2 N–H and O–H groups in total. The molecule has 0 saturated carbocycles. The molecule has 0 spiro atoms. The van der Waals surface area contributed by atoms with Crippen molar-refractivity contribution in [1.29, 1.82) is 0 Å². The third-order valence-electron chi connectivity index (χ3n) is 7.32. The number of aliphatic hydroxyl groups excluding tert-OH is 1. The molecule has 2 aromatic rings. The second kappa shape index (κ2) is 9.49. The molecule has 1 aromatic heterocycles. The second-order valence-corrected chi connectivity index (χ2v) is 10.4. The zero-order valence-corrected chi connectivity index (χ0v) is 20.0. The van der Waals surface area contributed by atoms with Gasteiger partial charge in [0.05, 0.1) is 37.7 Å². The molecule has 1 aromatic carbocycles. The Labute approximate surface area is 203 Å². The van der Waals surface area contributed by atoms with Gasteiger partial charge in [0.25, 0.3) is 0 Å². The summed E-state index contributed by atoms with van der Waals surface area (Å²) in [5.74, 6) is -0.951. The van der Waals surface area contributed by atoms with Crippen LogP contribution in [0.5, 0.6) is 5.75 Å². The van der Waals surface area contributed by atoms with Crippen LogP contribution in [0.3, 0.4) is 0 Å². The number of phenols is 1. The maximum Gasteiger partial charge on any atom is 0.234 e. The standard InChI is InChI=1S/C27H29NO5S/c1-16(11-17-5-2-3-7-22(17)30)8-9-23-24-18(14-29)12-20-25(21(24)15-33-23)27(32)28(26(20)31)13-19-6-4-10-34-19/h2-7,10-11,20-21,23,25,29-30H,8-9,12-15H2,1H3/b16-11+/t20-,21+,23-,25-/m1/s1. The maximum atomic E-state index is 13.4. The monoisotopic (exact) mass is 479 g/mol. The summed E-state index contributed by atoms with van der Waals surface area (Å²) in [4.78, 5) is 28.9. The zero-order valence-electron chi connectivity index (χ0n) is 19.1. The lowest BCUT2D eigenvalue weighted by Gasteiger charge is -2.31. The number of likely N-dealkylation sites (tertiary alicyclic amines) is 1. The highest BCUT2D eigenvalue weighted by Gasteiger charge is 2.56. The molecule has 7 heteroatoms. The molecular weight excluding hydrogens is 450 g/mol. The number of rotatable bonds is 7. The quantitative estimate of drug-likeness (QED) is 0.460. The van der Waals surface area contributed by atoms with Gasteiger partial charge in [-0.2, -0.15) is 0 Å². The van der Waals surface area contributed by atoms with Crippen molar-refractivity contribution in [3.63, 3.8) is 0 Å². The first-order chi connectivity index (χ1) is 16.5. The Morgan fingerprint density at radius 1 is 1.18 bits per heavy atom. The number of hydrogen-bond acceptors (Lipinski definition) is 6. The van der Waals surface area contributed by atoms with Gasteiger partial charge >= 0.3 is 0 Å². The number of carbonyl (C=O) groups is 2. The van der Waals surface area contributed by atoms with Crippen LogP contribution in [-0.4, -0.2) is 46.2 Å². The van der Waals surface area contributed by atoms with Gasteiger partial charge in [0.15, 0.2) is 0 Å². The number of aromatic hydroxyl groups is 1. The molecule has 34 heavy (non-hydrogen) atoms. The van der Waals surface area contributed by atoms with E-state index >= 15 is 0 Å². The van der Waals surface area contributed by atoms with Crippen LogP contribution in [-0.2, 0) is 20.9 Å². The molecule has 0 bridgehead atoms. The van der Waals surface area contributed by atoms with Crippen LogP contribution in [0.1, 0.15) is 36.6 Å². The van der Waals surface area contributed by atoms with Gasteiger partial charge in [-0.1, -0.05) is 35.9 Å². The summed E-state index contributed by atoms with van der Waals surface area (Å²) in [5, 5.41) is 22.1. The van der Waals surface area contributed by atoms with Crippen molar-refractivity contribution in [2.45, 2.75) is 38.8 Å². The normalized spacial score (nSPS) is 26.9. The highest BCUT2D eigenvalue weighted by atomic mass is 32.1. The molecule has 3 aliphatic rings. The number of benzene rings is 1. The molecule has 2 saturated heterocycles. The van der Waals surface area contributed by atoms with Crippen molar-refractivity contribution in [3.05, 3.63) is 68.9 Å². The number of fused-ring (bicyclic) bond motifs is 3. The average Bonchev–Trinajstić information content (AvgIpc) is 3.55. The Bertz CT molecular complexity index is 1150. The predicted molar refractivity (Wildman–Crippen MR) is 130 cm³/mol. The van der Waals surface area contributed by atoms with Crippen LogP contribution in [0, 0.1) is 17.8 Å². The molecule has 2 fully saturated rings. The van der Waals surface area contributed by atoms with E-state index in [1.807, 2.05) is 42.6 Å². The van der Waals surface area contributed by atoms with E-state index in [2.05, 4.69) is 0 Å². The van der Waals surface area contributed by atoms with Crippen LogP contribution in [0.4, 0.5) is 0 Å². The minimum absolute atomic E-state index is 0.109. The van der Waals surface area contributed by atoms with Gasteiger partial charge in [-0.15, -0.1) is 11.3 Å². The number of amides is 2. The Hall–Kier alpha value is -2.74. The zero-order chi connectivity index (χ0) is 23.8. The Balaban J connectivity index is 1.33. The fraction of sp³-hybridized carbons (Fsp3) is 0.407. The smallest absolute Gasteiger partial charge is 0.234 e. The van der Waals surface area contributed by atoms with Crippen molar-refractivity contribution in [1.82, 2.24) is 4.90 Å². The SMILES string of the molecule is C/C(=C\c1ccccc1O)CC[C@H]1OC[C@H]2C1=C(CO)C[C@H]1C(=O)N(Cc3cccs3)C(=O)[C@H]12. The number of ether oxygens (including phenoxy) is 1. The van der Waals surface area contributed by atoms with Gasteiger partial charge in [-0.05, 0) is 54.8 Å². The molecule has 4 atom stereocenters. The number of para-hydroxylation sites is 1. The molecule has 2 aliphatic heterocycles. The van der Waals surface area contributed by atoms with Crippen molar-refractivity contribution in [3.8, 4) is 5.75 Å². The minimum Gasteiger partial charge on any atom is -0.507 e. The summed E-state index contributed by atoms with van der Waals surface area (Å²) in [7, 11) is 0.